The minimum atomic E-state index is -3.76. The number of esters is 1. The molecule has 2 aromatic carbocycles. The zero-order valence-corrected chi connectivity index (χ0v) is 15.2. The second kappa shape index (κ2) is 8.02. The molecule has 0 aliphatic rings. The number of hydrogen-bond donors (Lipinski definition) is 1. The molecule has 7 heteroatoms. The van der Waals surface area contributed by atoms with Crippen molar-refractivity contribution in [3.63, 3.8) is 0 Å². The lowest BCUT2D eigenvalue weighted by atomic mass is 10.2. The highest BCUT2D eigenvalue weighted by Crippen LogP contribution is 2.22. The molecular formula is C18H21NO5S. The van der Waals surface area contributed by atoms with E-state index in [0.717, 1.165) is 0 Å². The fraction of sp³-hybridized carbons (Fsp3) is 0.278. The first kappa shape index (κ1) is 18.8. The maximum absolute atomic E-state index is 12.5. The smallest absolute Gasteiger partial charge is 0.308 e. The highest BCUT2D eigenvalue weighted by Gasteiger charge is 2.17. The van der Waals surface area contributed by atoms with E-state index in [1.807, 2.05) is 0 Å². The average Bonchev–Trinajstić information content (AvgIpc) is 2.60. The van der Waals surface area contributed by atoms with Crippen LogP contribution in [-0.2, 0) is 26.2 Å². The van der Waals surface area contributed by atoms with Gasteiger partial charge in [0.2, 0.25) is 0 Å². The summed E-state index contributed by atoms with van der Waals surface area (Å²) < 4.78 is 37.8. The van der Waals surface area contributed by atoms with Crippen LogP contribution in [0.5, 0.6) is 5.75 Å². The van der Waals surface area contributed by atoms with Crippen LogP contribution in [-0.4, -0.2) is 21.5 Å². The van der Waals surface area contributed by atoms with Gasteiger partial charge in [-0.15, -0.1) is 0 Å². The third-order valence-corrected chi connectivity index (χ3v) is 4.85. The summed E-state index contributed by atoms with van der Waals surface area (Å²) in [6, 6.07) is 12.9. The Bertz CT molecular complexity index is 829. The lowest BCUT2D eigenvalue weighted by Gasteiger charge is -2.14. The molecule has 0 unspecified atom stereocenters. The van der Waals surface area contributed by atoms with Crippen molar-refractivity contribution < 1.29 is 22.7 Å². The first-order valence-corrected chi connectivity index (χ1v) is 9.23. The molecule has 2 rings (SSSR count). The molecular weight excluding hydrogens is 342 g/mol. The fourth-order valence-electron chi connectivity index (χ4n) is 2.02. The number of rotatable bonds is 7. The molecule has 0 fully saturated rings. The molecule has 0 heterocycles. The van der Waals surface area contributed by atoms with Crippen LogP contribution in [0.25, 0.3) is 0 Å². The van der Waals surface area contributed by atoms with Gasteiger partial charge in [0.05, 0.1) is 23.6 Å². The molecule has 0 aromatic heterocycles. The highest BCUT2D eigenvalue weighted by molar-refractivity contribution is 7.92. The third kappa shape index (κ3) is 4.96. The monoisotopic (exact) mass is 363 g/mol. The zero-order valence-electron chi connectivity index (χ0n) is 14.4. The summed E-state index contributed by atoms with van der Waals surface area (Å²) in [4.78, 5) is 11.7. The minimum Gasteiger partial charge on any atom is -0.497 e. The summed E-state index contributed by atoms with van der Waals surface area (Å²) in [5.74, 6) is -0.0177. The molecule has 0 saturated carbocycles. The Labute approximate surface area is 147 Å². The molecule has 25 heavy (non-hydrogen) atoms. The Morgan fingerprint density at radius 1 is 1.08 bits per heavy atom. The molecule has 0 spiro atoms. The van der Waals surface area contributed by atoms with E-state index >= 15 is 0 Å². The number of anilines is 1. The van der Waals surface area contributed by atoms with Crippen LogP contribution in [0.15, 0.2) is 53.4 Å². The van der Waals surface area contributed by atoms with Crippen LogP contribution in [0.1, 0.15) is 19.4 Å². The van der Waals surface area contributed by atoms with Crippen molar-refractivity contribution in [1.29, 1.82) is 0 Å². The van der Waals surface area contributed by atoms with Gasteiger partial charge in [-0.2, -0.15) is 0 Å². The summed E-state index contributed by atoms with van der Waals surface area (Å²) >= 11 is 0. The van der Waals surface area contributed by atoms with Gasteiger partial charge in [-0.3, -0.25) is 9.52 Å². The maximum Gasteiger partial charge on any atom is 0.308 e. The van der Waals surface area contributed by atoms with Crippen molar-refractivity contribution in [1.82, 2.24) is 0 Å². The average molecular weight is 363 g/mol. The largest absolute Gasteiger partial charge is 0.497 e. The number of hydrogen-bond acceptors (Lipinski definition) is 5. The number of sulfonamides is 1. The first-order chi connectivity index (χ1) is 11.8. The molecule has 0 radical (unpaired) electrons. The van der Waals surface area contributed by atoms with Crippen LogP contribution in [0, 0.1) is 5.92 Å². The van der Waals surface area contributed by atoms with Gasteiger partial charge >= 0.3 is 5.97 Å². The van der Waals surface area contributed by atoms with Crippen molar-refractivity contribution in [2.45, 2.75) is 25.3 Å². The molecule has 0 bridgehead atoms. The molecule has 2 aromatic rings. The first-order valence-electron chi connectivity index (χ1n) is 7.75. The van der Waals surface area contributed by atoms with Crippen LogP contribution in [0.4, 0.5) is 5.69 Å². The minimum absolute atomic E-state index is 0.00167. The standard InChI is InChI=1S/C18H21NO5S/c1-13(2)18(20)24-12-14-6-4-5-7-17(14)19-25(21,22)16-10-8-15(23-3)9-11-16/h4-11,13,19H,12H2,1-3H3. The van der Waals surface area contributed by atoms with Crippen molar-refractivity contribution in [2.75, 3.05) is 11.8 Å². The number of carbonyl (C=O) groups is 1. The van der Waals surface area contributed by atoms with Gasteiger partial charge in [-0.1, -0.05) is 32.0 Å². The van der Waals surface area contributed by atoms with E-state index in [1.165, 1.54) is 19.2 Å². The Morgan fingerprint density at radius 2 is 1.72 bits per heavy atom. The van der Waals surface area contributed by atoms with Gasteiger partial charge in [0.15, 0.2) is 0 Å². The van der Waals surface area contributed by atoms with E-state index in [2.05, 4.69) is 4.72 Å². The number of para-hydroxylation sites is 1. The quantitative estimate of drug-likeness (QED) is 0.764. The van der Waals surface area contributed by atoms with Gasteiger partial charge in [0, 0.05) is 5.56 Å². The Morgan fingerprint density at radius 3 is 2.32 bits per heavy atom. The van der Waals surface area contributed by atoms with Crippen LogP contribution < -0.4 is 9.46 Å². The van der Waals surface area contributed by atoms with Crippen molar-refractivity contribution in [3.8, 4) is 5.75 Å². The Hall–Kier alpha value is -2.54. The summed E-state index contributed by atoms with van der Waals surface area (Å²) in [7, 11) is -2.25. The van der Waals surface area contributed by atoms with Gasteiger partial charge in [-0.25, -0.2) is 8.42 Å². The normalized spacial score (nSPS) is 11.2. The molecule has 134 valence electrons. The Kier molecular flexibility index (Phi) is 6.03. The number of carbonyl (C=O) groups excluding carboxylic acids is 1. The second-order valence-electron chi connectivity index (χ2n) is 5.70. The third-order valence-electron chi connectivity index (χ3n) is 3.47. The van der Waals surface area contributed by atoms with Gasteiger partial charge in [-0.05, 0) is 30.3 Å². The molecule has 0 saturated heterocycles. The van der Waals surface area contributed by atoms with Crippen molar-refractivity contribution in [2.24, 2.45) is 5.92 Å². The van der Waals surface area contributed by atoms with E-state index in [4.69, 9.17) is 9.47 Å². The maximum atomic E-state index is 12.5. The number of methoxy groups -OCH3 is 1. The summed E-state index contributed by atoms with van der Waals surface area (Å²) in [5.41, 5.74) is 0.948. The Balaban J connectivity index is 2.19. The van der Waals surface area contributed by atoms with Crippen LogP contribution in [0.2, 0.25) is 0 Å². The molecule has 6 nitrogen and oxygen atoms in total. The van der Waals surface area contributed by atoms with Gasteiger partial charge < -0.3 is 9.47 Å². The van der Waals surface area contributed by atoms with E-state index in [0.29, 0.717) is 17.0 Å². The topological polar surface area (TPSA) is 81.7 Å². The summed E-state index contributed by atoms with van der Waals surface area (Å²) in [6.07, 6.45) is 0. The van der Waals surface area contributed by atoms with Gasteiger partial charge in [0.25, 0.3) is 10.0 Å². The number of ether oxygens (including phenoxy) is 2. The van der Waals surface area contributed by atoms with E-state index in [-0.39, 0.29) is 23.4 Å². The predicted molar refractivity (Wildman–Crippen MR) is 94.9 cm³/mol. The van der Waals surface area contributed by atoms with Crippen molar-refractivity contribution in [3.05, 3.63) is 54.1 Å². The molecule has 0 amide bonds. The number of nitrogens with one attached hydrogen (secondary N) is 1. The van der Waals surface area contributed by atoms with E-state index < -0.39 is 10.0 Å². The number of benzene rings is 2. The second-order valence-corrected chi connectivity index (χ2v) is 7.38. The van der Waals surface area contributed by atoms with E-state index in [1.54, 1.807) is 50.2 Å². The zero-order chi connectivity index (χ0) is 18.4. The fourth-order valence-corrected chi connectivity index (χ4v) is 3.12. The van der Waals surface area contributed by atoms with Gasteiger partial charge in [0.1, 0.15) is 12.4 Å². The SMILES string of the molecule is COc1ccc(S(=O)(=O)Nc2ccccc2COC(=O)C(C)C)cc1. The van der Waals surface area contributed by atoms with Crippen LogP contribution >= 0.6 is 0 Å². The molecule has 0 aliphatic carbocycles. The molecule has 0 aliphatic heterocycles. The lowest BCUT2D eigenvalue weighted by molar-refractivity contribution is -0.148. The van der Waals surface area contributed by atoms with E-state index in [9.17, 15) is 13.2 Å². The molecule has 0 atom stereocenters. The lowest BCUT2D eigenvalue weighted by Crippen LogP contribution is -2.16. The highest BCUT2D eigenvalue weighted by atomic mass is 32.2. The van der Waals surface area contributed by atoms with Crippen LogP contribution in [0.3, 0.4) is 0 Å². The molecule has 1 N–H and O–H groups in total. The summed E-state index contributed by atoms with van der Waals surface area (Å²) in [6.45, 7) is 3.47. The predicted octanol–water partition coefficient (Wildman–Crippen LogP) is 3.20. The van der Waals surface area contributed by atoms with Crippen molar-refractivity contribution >= 4 is 21.7 Å². The summed E-state index contributed by atoms with van der Waals surface area (Å²) in [5, 5.41) is 0.